The normalized spacial score (nSPS) is 14.8. The number of nitrogens with zero attached hydrogens (tertiary/aromatic N) is 2. The summed E-state index contributed by atoms with van der Waals surface area (Å²) in [6, 6.07) is 10.1. The molecule has 2 aromatic heterocycles. The quantitative estimate of drug-likeness (QED) is 0.756. The number of hydrogen-bond donors (Lipinski definition) is 2. The van der Waals surface area contributed by atoms with Crippen molar-refractivity contribution in [2.75, 3.05) is 11.9 Å². The van der Waals surface area contributed by atoms with Gasteiger partial charge in [-0.05, 0) is 30.4 Å². The molecule has 0 radical (unpaired) electrons. The van der Waals surface area contributed by atoms with Crippen LogP contribution in [0.3, 0.4) is 0 Å². The van der Waals surface area contributed by atoms with Crippen LogP contribution in [0.1, 0.15) is 22.4 Å². The Labute approximate surface area is 139 Å². The Kier molecular flexibility index (Phi) is 3.97. The topological polar surface area (TPSA) is 58.0 Å². The summed E-state index contributed by atoms with van der Waals surface area (Å²) in [5.74, 6) is 0.863. The van der Waals surface area contributed by atoms with Crippen LogP contribution in [0.25, 0.3) is 10.2 Å². The minimum Gasteiger partial charge on any atom is -0.391 e. The summed E-state index contributed by atoms with van der Waals surface area (Å²) in [4.78, 5) is 11.3. The van der Waals surface area contributed by atoms with Gasteiger partial charge in [-0.3, -0.25) is 0 Å². The minimum atomic E-state index is -0.436. The Morgan fingerprint density at radius 3 is 2.91 bits per heavy atom. The van der Waals surface area contributed by atoms with Gasteiger partial charge in [-0.15, -0.1) is 11.3 Å². The van der Waals surface area contributed by atoms with E-state index in [0.29, 0.717) is 13.0 Å². The van der Waals surface area contributed by atoms with Gasteiger partial charge in [0.1, 0.15) is 17.0 Å². The van der Waals surface area contributed by atoms with Crippen LogP contribution >= 0.6 is 11.3 Å². The highest BCUT2D eigenvalue weighted by atomic mass is 32.1. The fourth-order valence-corrected chi connectivity index (χ4v) is 4.46. The molecule has 0 saturated carbocycles. The van der Waals surface area contributed by atoms with Gasteiger partial charge in [-0.1, -0.05) is 30.3 Å². The average molecular weight is 325 g/mol. The predicted molar refractivity (Wildman–Crippen MR) is 94.1 cm³/mol. The first-order valence-corrected chi connectivity index (χ1v) is 8.84. The van der Waals surface area contributed by atoms with E-state index in [4.69, 9.17) is 0 Å². The van der Waals surface area contributed by atoms with Crippen LogP contribution in [0.15, 0.2) is 36.7 Å². The van der Waals surface area contributed by atoms with Crippen molar-refractivity contribution in [3.8, 4) is 0 Å². The van der Waals surface area contributed by atoms with Crippen LogP contribution in [0.4, 0.5) is 5.82 Å². The molecule has 2 N–H and O–H groups in total. The lowest BCUT2D eigenvalue weighted by molar-refractivity contribution is 0.188. The summed E-state index contributed by atoms with van der Waals surface area (Å²) in [6.45, 7) is 0.492. The van der Waals surface area contributed by atoms with Gasteiger partial charge in [-0.25, -0.2) is 9.97 Å². The van der Waals surface area contributed by atoms with Gasteiger partial charge < -0.3 is 10.4 Å². The Hall–Kier alpha value is -1.98. The van der Waals surface area contributed by atoms with Gasteiger partial charge in [0, 0.05) is 17.8 Å². The average Bonchev–Trinajstić information content (AvgIpc) is 3.14. The second kappa shape index (κ2) is 6.26. The van der Waals surface area contributed by atoms with Crippen molar-refractivity contribution < 1.29 is 5.11 Å². The van der Waals surface area contributed by atoms with E-state index in [2.05, 4.69) is 15.3 Å². The molecular formula is C18H19N3OS. The van der Waals surface area contributed by atoms with E-state index >= 15 is 0 Å². The first kappa shape index (κ1) is 14.6. The smallest absolute Gasteiger partial charge is 0.138 e. The summed E-state index contributed by atoms with van der Waals surface area (Å²) in [7, 11) is 0. The number of nitrogens with one attached hydrogen (secondary N) is 1. The number of thiophene rings is 1. The molecule has 118 valence electrons. The zero-order valence-electron chi connectivity index (χ0n) is 12.8. The molecule has 1 aliphatic carbocycles. The van der Waals surface area contributed by atoms with Gasteiger partial charge in [0.2, 0.25) is 0 Å². The van der Waals surface area contributed by atoms with Crippen molar-refractivity contribution in [3.63, 3.8) is 0 Å². The first-order valence-electron chi connectivity index (χ1n) is 8.02. The second-order valence-corrected chi connectivity index (χ2v) is 7.07. The second-order valence-electron chi connectivity index (χ2n) is 5.98. The highest BCUT2D eigenvalue weighted by Gasteiger charge is 2.21. The molecule has 5 heteroatoms. The largest absolute Gasteiger partial charge is 0.391 e. The van der Waals surface area contributed by atoms with Crippen LogP contribution in [0, 0.1) is 0 Å². The van der Waals surface area contributed by atoms with E-state index in [9.17, 15) is 5.11 Å². The lowest BCUT2D eigenvalue weighted by atomic mass is 10.1. The monoisotopic (exact) mass is 325 g/mol. The molecule has 1 atom stereocenters. The lowest BCUT2D eigenvalue weighted by Crippen LogP contribution is -2.22. The van der Waals surface area contributed by atoms with Gasteiger partial charge in [0.05, 0.1) is 11.5 Å². The first-order chi connectivity index (χ1) is 11.3. The summed E-state index contributed by atoms with van der Waals surface area (Å²) in [6.07, 6.45) is 5.32. The van der Waals surface area contributed by atoms with Crippen LogP contribution in [-0.4, -0.2) is 27.7 Å². The highest BCUT2D eigenvalue weighted by molar-refractivity contribution is 7.19. The van der Waals surface area contributed by atoms with E-state index in [1.165, 1.54) is 16.9 Å². The molecule has 0 bridgehead atoms. The van der Waals surface area contributed by atoms with Crippen LogP contribution in [-0.2, 0) is 19.3 Å². The molecule has 1 aromatic carbocycles. The van der Waals surface area contributed by atoms with Gasteiger partial charge in [0.25, 0.3) is 0 Å². The third kappa shape index (κ3) is 2.94. The molecule has 1 unspecified atom stereocenters. The number of aryl methyl sites for hydroxylation is 2. The number of aromatic nitrogens is 2. The lowest BCUT2D eigenvalue weighted by Gasteiger charge is -2.13. The van der Waals surface area contributed by atoms with Crippen molar-refractivity contribution in [3.05, 3.63) is 52.7 Å². The molecule has 0 aliphatic heterocycles. The highest BCUT2D eigenvalue weighted by Crippen LogP contribution is 2.38. The van der Waals surface area contributed by atoms with Crippen molar-refractivity contribution >= 4 is 27.4 Å². The van der Waals surface area contributed by atoms with E-state index in [1.54, 1.807) is 17.7 Å². The molecule has 0 spiro atoms. The summed E-state index contributed by atoms with van der Waals surface area (Å²) in [5.41, 5.74) is 2.55. The zero-order chi connectivity index (χ0) is 15.6. The van der Waals surface area contributed by atoms with Crippen molar-refractivity contribution in [1.82, 2.24) is 9.97 Å². The maximum atomic E-state index is 10.3. The van der Waals surface area contributed by atoms with E-state index < -0.39 is 6.10 Å². The Morgan fingerprint density at radius 1 is 1.17 bits per heavy atom. The van der Waals surface area contributed by atoms with Crippen molar-refractivity contribution in [1.29, 1.82) is 0 Å². The molecule has 23 heavy (non-hydrogen) atoms. The zero-order valence-corrected chi connectivity index (χ0v) is 13.6. The number of aliphatic hydroxyl groups is 1. The summed E-state index contributed by atoms with van der Waals surface area (Å²) in [5, 5.41) is 14.8. The Bertz CT molecular complexity index is 816. The van der Waals surface area contributed by atoms with Crippen LogP contribution < -0.4 is 5.32 Å². The molecule has 0 fully saturated rings. The van der Waals surface area contributed by atoms with Gasteiger partial charge in [-0.2, -0.15) is 0 Å². The maximum Gasteiger partial charge on any atom is 0.138 e. The number of rotatable bonds is 5. The molecule has 4 nitrogen and oxygen atoms in total. The third-order valence-electron chi connectivity index (χ3n) is 4.32. The molecule has 1 aliphatic rings. The molecule has 2 heterocycles. The van der Waals surface area contributed by atoms with Crippen molar-refractivity contribution in [2.24, 2.45) is 0 Å². The molecule has 0 saturated heterocycles. The van der Waals surface area contributed by atoms with Gasteiger partial charge in [0.15, 0.2) is 0 Å². The van der Waals surface area contributed by atoms with E-state index in [1.807, 2.05) is 30.3 Å². The van der Waals surface area contributed by atoms with Crippen LogP contribution in [0.2, 0.25) is 0 Å². The maximum absolute atomic E-state index is 10.3. The fourth-order valence-electron chi connectivity index (χ4n) is 3.24. The predicted octanol–water partition coefficient (Wildman–Crippen LogP) is 3.20. The molecule has 4 rings (SSSR count). The van der Waals surface area contributed by atoms with Gasteiger partial charge >= 0.3 is 0 Å². The van der Waals surface area contributed by atoms with Crippen LogP contribution in [0.5, 0.6) is 0 Å². The standard InChI is InChI=1S/C18H19N3OS/c22-13(9-12-5-2-1-3-6-12)10-19-17-16-14-7-4-8-15(14)23-18(16)21-11-20-17/h1-3,5-6,11,13,22H,4,7-10H2,(H,19,20,21). The van der Waals surface area contributed by atoms with E-state index in [-0.39, 0.29) is 0 Å². The fraction of sp³-hybridized carbons (Fsp3) is 0.333. The van der Waals surface area contributed by atoms with E-state index in [0.717, 1.165) is 34.4 Å². The van der Waals surface area contributed by atoms with Crippen molar-refractivity contribution in [2.45, 2.75) is 31.8 Å². The molecule has 0 amide bonds. The SMILES string of the molecule is OC(CNc1ncnc2sc3c(c12)CCC3)Cc1ccccc1. The number of benzene rings is 1. The Balaban J connectivity index is 1.50. The molecular weight excluding hydrogens is 306 g/mol. The number of fused-ring (bicyclic) bond motifs is 3. The third-order valence-corrected chi connectivity index (χ3v) is 5.52. The minimum absolute atomic E-state index is 0.436. The Morgan fingerprint density at radius 2 is 2.04 bits per heavy atom. The number of anilines is 1. The number of hydrogen-bond acceptors (Lipinski definition) is 5. The molecule has 3 aromatic rings. The summed E-state index contributed by atoms with van der Waals surface area (Å²) >= 11 is 1.78. The number of aliphatic hydroxyl groups excluding tert-OH is 1. The summed E-state index contributed by atoms with van der Waals surface area (Å²) < 4.78 is 0.